The minimum atomic E-state index is -0.329. The average molecular weight is 344 g/mol. The summed E-state index contributed by atoms with van der Waals surface area (Å²) in [5.41, 5.74) is 2.60. The third-order valence-corrected chi connectivity index (χ3v) is 4.61. The molecule has 24 heavy (non-hydrogen) atoms. The van der Waals surface area contributed by atoms with Gasteiger partial charge in [-0.25, -0.2) is 4.98 Å². The summed E-state index contributed by atoms with van der Waals surface area (Å²) in [6.07, 6.45) is 6.68. The number of hydrogen-bond acceptors (Lipinski definition) is 3. The number of rotatable bonds is 5. The van der Waals surface area contributed by atoms with Crippen LogP contribution in [0.1, 0.15) is 49.4 Å². The standard InChI is InChI=1S/C17H18ClN5O/c1-2-12(14-9-23-8-11(18)5-6-16(23)19-14)17(24)20-15-7-13(21-22-15)10-3-4-10/h5-10,12H,2-4H2,1H3,(H2,20,21,22,24)/t12-/m0/s1. The maximum atomic E-state index is 12.6. The van der Waals surface area contributed by atoms with E-state index >= 15 is 0 Å². The quantitative estimate of drug-likeness (QED) is 0.741. The molecule has 1 saturated carbocycles. The van der Waals surface area contributed by atoms with Crippen LogP contribution in [-0.2, 0) is 4.79 Å². The van der Waals surface area contributed by atoms with Crippen molar-refractivity contribution in [2.75, 3.05) is 5.32 Å². The summed E-state index contributed by atoms with van der Waals surface area (Å²) in [5, 5.41) is 10.7. The van der Waals surface area contributed by atoms with Gasteiger partial charge in [0.2, 0.25) is 5.91 Å². The molecule has 3 aromatic rings. The van der Waals surface area contributed by atoms with Crippen LogP contribution in [0.2, 0.25) is 5.02 Å². The van der Waals surface area contributed by atoms with Gasteiger partial charge in [0.05, 0.1) is 16.6 Å². The lowest BCUT2D eigenvalue weighted by atomic mass is 10.0. The van der Waals surface area contributed by atoms with Crippen molar-refractivity contribution in [1.29, 1.82) is 0 Å². The van der Waals surface area contributed by atoms with Gasteiger partial charge in [0.1, 0.15) is 5.65 Å². The monoisotopic (exact) mass is 343 g/mol. The van der Waals surface area contributed by atoms with Crippen LogP contribution in [0.3, 0.4) is 0 Å². The number of carbonyl (C=O) groups is 1. The Hall–Kier alpha value is -2.34. The highest BCUT2D eigenvalue weighted by atomic mass is 35.5. The first kappa shape index (κ1) is 15.2. The molecule has 0 aliphatic heterocycles. The van der Waals surface area contributed by atoms with E-state index in [9.17, 15) is 4.79 Å². The van der Waals surface area contributed by atoms with E-state index in [0.717, 1.165) is 17.0 Å². The predicted molar refractivity (Wildman–Crippen MR) is 92.4 cm³/mol. The predicted octanol–water partition coefficient (Wildman–Crippen LogP) is 3.72. The van der Waals surface area contributed by atoms with Crippen molar-refractivity contribution >= 4 is 29.0 Å². The molecule has 3 heterocycles. The molecule has 0 unspecified atom stereocenters. The summed E-state index contributed by atoms with van der Waals surface area (Å²) >= 11 is 6.00. The Labute approximate surface area is 144 Å². The zero-order valence-corrected chi connectivity index (χ0v) is 14.0. The number of nitrogens with zero attached hydrogens (tertiary/aromatic N) is 3. The van der Waals surface area contributed by atoms with Gasteiger partial charge in [-0.15, -0.1) is 0 Å². The molecular formula is C17H18ClN5O. The number of hydrogen-bond donors (Lipinski definition) is 2. The minimum absolute atomic E-state index is 0.0964. The number of halogens is 1. The number of H-pyrrole nitrogens is 1. The van der Waals surface area contributed by atoms with Crippen LogP contribution < -0.4 is 5.32 Å². The van der Waals surface area contributed by atoms with E-state index in [1.165, 1.54) is 12.8 Å². The number of anilines is 1. The van der Waals surface area contributed by atoms with Gasteiger partial charge in [-0.2, -0.15) is 5.10 Å². The van der Waals surface area contributed by atoms with Gasteiger partial charge in [0, 0.05) is 30.1 Å². The van der Waals surface area contributed by atoms with Crippen molar-refractivity contribution in [3.63, 3.8) is 0 Å². The van der Waals surface area contributed by atoms with Crippen LogP contribution in [0, 0.1) is 0 Å². The molecule has 0 saturated heterocycles. The third kappa shape index (κ3) is 2.89. The summed E-state index contributed by atoms with van der Waals surface area (Å²) in [7, 11) is 0. The number of imidazole rings is 1. The Morgan fingerprint density at radius 3 is 3.04 bits per heavy atom. The second-order valence-corrected chi connectivity index (χ2v) is 6.65. The molecule has 2 N–H and O–H groups in total. The smallest absolute Gasteiger partial charge is 0.234 e. The summed E-state index contributed by atoms with van der Waals surface area (Å²) in [6.45, 7) is 1.97. The first-order valence-corrected chi connectivity index (χ1v) is 8.52. The molecule has 1 aliphatic rings. The number of nitrogens with one attached hydrogen (secondary N) is 2. The maximum absolute atomic E-state index is 12.6. The number of pyridine rings is 1. The minimum Gasteiger partial charge on any atom is -0.309 e. The third-order valence-electron chi connectivity index (χ3n) is 4.38. The second-order valence-electron chi connectivity index (χ2n) is 6.21. The Morgan fingerprint density at radius 1 is 1.46 bits per heavy atom. The number of fused-ring (bicyclic) bond motifs is 1. The topological polar surface area (TPSA) is 75.1 Å². The number of aromatic nitrogens is 4. The fraction of sp³-hybridized carbons (Fsp3) is 0.353. The molecular weight excluding hydrogens is 326 g/mol. The molecule has 1 fully saturated rings. The van der Waals surface area contributed by atoms with Crippen molar-refractivity contribution in [2.24, 2.45) is 0 Å². The highest BCUT2D eigenvalue weighted by Gasteiger charge is 2.27. The van der Waals surface area contributed by atoms with Crippen molar-refractivity contribution in [3.05, 3.63) is 47.0 Å². The zero-order valence-electron chi connectivity index (χ0n) is 13.3. The van der Waals surface area contributed by atoms with E-state index in [-0.39, 0.29) is 11.8 Å². The zero-order chi connectivity index (χ0) is 16.7. The Bertz CT molecular complexity index is 895. The summed E-state index contributed by atoms with van der Waals surface area (Å²) in [4.78, 5) is 17.2. The molecule has 1 amide bonds. The molecule has 1 atom stereocenters. The van der Waals surface area contributed by atoms with Gasteiger partial charge in [0.15, 0.2) is 5.82 Å². The maximum Gasteiger partial charge on any atom is 0.234 e. The van der Waals surface area contributed by atoms with Crippen molar-refractivity contribution in [3.8, 4) is 0 Å². The number of carbonyl (C=O) groups excluding carboxylic acids is 1. The molecule has 4 rings (SSSR count). The fourth-order valence-electron chi connectivity index (χ4n) is 2.90. The van der Waals surface area contributed by atoms with Crippen molar-refractivity contribution in [1.82, 2.24) is 19.6 Å². The summed E-state index contributed by atoms with van der Waals surface area (Å²) < 4.78 is 1.84. The average Bonchev–Trinajstić information content (AvgIpc) is 3.17. The van der Waals surface area contributed by atoms with E-state index in [2.05, 4.69) is 20.5 Å². The van der Waals surface area contributed by atoms with Crippen molar-refractivity contribution < 1.29 is 4.79 Å². The highest BCUT2D eigenvalue weighted by Crippen LogP contribution is 2.39. The number of aromatic amines is 1. The van der Waals surface area contributed by atoms with E-state index in [1.807, 2.05) is 29.7 Å². The molecule has 6 nitrogen and oxygen atoms in total. The fourth-order valence-corrected chi connectivity index (χ4v) is 3.07. The van der Waals surface area contributed by atoms with Gasteiger partial charge < -0.3 is 9.72 Å². The Morgan fingerprint density at radius 2 is 2.29 bits per heavy atom. The lowest BCUT2D eigenvalue weighted by molar-refractivity contribution is -0.117. The molecule has 124 valence electrons. The van der Waals surface area contributed by atoms with E-state index < -0.39 is 0 Å². The van der Waals surface area contributed by atoms with E-state index in [0.29, 0.717) is 23.2 Å². The van der Waals surface area contributed by atoms with Gasteiger partial charge in [-0.1, -0.05) is 18.5 Å². The Balaban J connectivity index is 1.55. The molecule has 0 spiro atoms. The largest absolute Gasteiger partial charge is 0.309 e. The summed E-state index contributed by atoms with van der Waals surface area (Å²) in [5.74, 6) is 0.728. The first-order chi connectivity index (χ1) is 11.6. The van der Waals surface area contributed by atoms with Gasteiger partial charge in [0.25, 0.3) is 0 Å². The van der Waals surface area contributed by atoms with Gasteiger partial charge in [-0.05, 0) is 31.4 Å². The lowest BCUT2D eigenvalue weighted by Crippen LogP contribution is -2.21. The molecule has 1 aliphatic carbocycles. The van der Waals surface area contributed by atoms with Crippen LogP contribution in [0.4, 0.5) is 5.82 Å². The lowest BCUT2D eigenvalue weighted by Gasteiger charge is -2.11. The number of amides is 1. The molecule has 7 heteroatoms. The van der Waals surface area contributed by atoms with Crippen LogP contribution >= 0.6 is 11.6 Å². The molecule has 0 bridgehead atoms. The first-order valence-electron chi connectivity index (χ1n) is 8.14. The van der Waals surface area contributed by atoms with Crippen LogP contribution in [0.5, 0.6) is 0 Å². The molecule has 0 aromatic carbocycles. The van der Waals surface area contributed by atoms with Crippen LogP contribution in [-0.4, -0.2) is 25.5 Å². The molecule has 0 radical (unpaired) electrons. The van der Waals surface area contributed by atoms with Gasteiger partial charge in [-0.3, -0.25) is 9.89 Å². The van der Waals surface area contributed by atoms with Crippen LogP contribution in [0.25, 0.3) is 5.65 Å². The highest BCUT2D eigenvalue weighted by molar-refractivity contribution is 6.30. The van der Waals surface area contributed by atoms with Gasteiger partial charge >= 0.3 is 0 Å². The van der Waals surface area contributed by atoms with E-state index in [4.69, 9.17) is 11.6 Å². The Kier molecular flexibility index (Phi) is 3.76. The van der Waals surface area contributed by atoms with Crippen LogP contribution in [0.15, 0.2) is 30.6 Å². The summed E-state index contributed by atoms with van der Waals surface area (Å²) in [6, 6.07) is 5.55. The SMILES string of the molecule is CC[C@H](C(=O)Nc1cc(C2CC2)[nH]n1)c1cn2cc(Cl)ccc2n1. The normalized spacial score (nSPS) is 15.6. The van der Waals surface area contributed by atoms with Crippen molar-refractivity contribution in [2.45, 2.75) is 38.0 Å². The van der Waals surface area contributed by atoms with E-state index in [1.54, 1.807) is 12.3 Å². The molecule has 3 aromatic heterocycles. The second kappa shape index (κ2) is 5.94.